The van der Waals surface area contributed by atoms with E-state index in [4.69, 9.17) is 32.9 Å². The third-order valence-corrected chi connectivity index (χ3v) is 22.9. The number of hydrogen-bond acceptors (Lipinski definition) is 15. The average molecular weight is 1510 g/mol. The predicted octanol–water partition coefficient (Wildman–Crippen LogP) is 23.3. The van der Waals surface area contributed by atoms with Gasteiger partial charge in [0.25, 0.3) is 0 Å². The van der Waals surface area contributed by atoms with Crippen LogP contribution in [0.1, 0.15) is 118 Å². The quantitative estimate of drug-likeness (QED) is 0.149. The van der Waals surface area contributed by atoms with Crippen LogP contribution in [0.4, 0.5) is 114 Å². The number of aryl methyl sites for hydroxylation is 10. The van der Waals surface area contributed by atoms with Gasteiger partial charge in [-0.2, -0.15) is 26.3 Å². The van der Waals surface area contributed by atoms with Gasteiger partial charge in [0.2, 0.25) is 28.4 Å². The Kier molecular flexibility index (Phi) is 23.2. The number of benzene rings is 10. The van der Waals surface area contributed by atoms with E-state index in [1.54, 1.807) is 60.7 Å². The van der Waals surface area contributed by atoms with Crippen LogP contribution < -0.4 is 49.0 Å². The Morgan fingerprint density at radius 3 is 0.852 bits per heavy atom. The first-order valence-electron chi connectivity index (χ1n) is 37.7. The number of nitriles is 5. The van der Waals surface area contributed by atoms with Crippen LogP contribution in [0.25, 0.3) is 24.2 Å². The topological polar surface area (TPSA) is 173 Å². The van der Waals surface area contributed by atoms with E-state index >= 15 is 0 Å². The molecule has 5 aliphatic heterocycles. The molecule has 0 spiro atoms. The number of hydrogen-bond donors (Lipinski definition) is 0. The van der Waals surface area contributed by atoms with Crippen LogP contribution in [-0.2, 0) is 0 Å². The Balaban J connectivity index is 0.000000142. The molecule has 0 aliphatic carbocycles. The molecule has 0 aromatic heterocycles. The highest BCUT2D eigenvalue weighted by Crippen LogP contribution is 2.57. The fourth-order valence-electron chi connectivity index (χ4n) is 16.3. The molecule has 0 radical (unpaired) electrons. The van der Waals surface area contributed by atoms with Crippen molar-refractivity contribution < 1.29 is 0 Å². The molecule has 10 aromatic carbocycles. The van der Waals surface area contributed by atoms with E-state index in [0.29, 0.717) is 56.3 Å². The molecule has 0 saturated carbocycles. The number of nitrogens with zero attached hydrogens (tertiary/aromatic N) is 20. The number of para-hydroxylation sites is 2. The van der Waals surface area contributed by atoms with Crippen LogP contribution in [0.3, 0.4) is 0 Å². The van der Waals surface area contributed by atoms with Crippen LogP contribution in [-0.4, -0.2) is 66.1 Å². The maximum Gasteiger partial charge on any atom is 0.212 e. The van der Waals surface area contributed by atoms with Crippen LogP contribution >= 0.6 is 0 Å². The molecular weight excluding hydrogens is 1420 g/mol. The molecule has 0 saturated heterocycles. The van der Waals surface area contributed by atoms with E-state index < -0.39 is 0 Å². The zero-order valence-corrected chi connectivity index (χ0v) is 68.8. The van der Waals surface area contributed by atoms with Gasteiger partial charge in [0.05, 0.1) is 118 Å². The molecule has 0 fully saturated rings. The van der Waals surface area contributed by atoms with E-state index in [-0.39, 0.29) is 30.8 Å². The highest BCUT2D eigenvalue weighted by atomic mass is 15.4. The van der Waals surface area contributed by atoms with Crippen LogP contribution in [0, 0.1) is 159 Å². The lowest BCUT2D eigenvalue weighted by atomic mass is 10.0. The minimum atomic E-state index is 0.0378. The summed E-state index contributed by atoms with van der Waals surface area (Å²) in [6.07, 6.45) is 0.212. The first-order valence-corrected chi connectivity index (χ1v) is 37.7. The number of fused-ring (bicyclic) bond motifs is 5. The summed E-state index contributed by atoms with van der Waals surface area (Å²) in [5, 5.41) is 47.3. The second kappa shape index (κ2) is 33.0. The van der Waals surface area contributed by atoms with E-state index in [1.165, 1.54) is 27.8 Å². The second-order valence-electron chi connectivity index (χ2n) is 29.7. The molecule has 5 aliphatic rings. The summed E-state index contributed by atoms with van der Waals surface area (Å²) in [6.45, 7) is 68.9. The Hall–Kier alpha value is -14.9. The minimum absolute atomic E-state index is 0.0378. The van der Waals surface area contributed by atoms with Crippen molar-refractivity contribution in [2.75, 3.05) is 84.2 Å². The van der Waals surface area contributed by atoms with Gasteiger partial charge >= 0.3 is 0 Å². The molecule has 5 heterocycles. The number of anilines is 15. The molecule has 20 nitrogen and oxygen atoms in total. The van der Waals surface area contributed by atoms with Gasteiger partial charge < -0.3 is 49.0 Å². The van der Waals surface area contributed by atoms with Crippen molar-refractivity contribution in [2.24, 2.45) is 0 Å². The third-order valence-electron chi connectivity index (χ3n) is 22.9. The highest BCUT2D eigenvalue weighted by molar-refractivity contribution is 6.01. The summed E-state index contributed by atoms with van der Waals surface area (Å²) < 4.78 is 0. The normalized spacial score (nSPS) is 16.0. The lowest BCUT2D eigenvalue weighted by Crippen LogP contribution is -2.36. The lowest BCUT2D eigenvalue weighted by Gasteiger charge is -2.30. The van der Waals surface area contributed by atoms with Crippen molar-refractivity contribution in [1.29, 1.82) is 26.3 Å². The van der Waals surface area contributed by atoms with Crippen LogP contribution in [0.15, 0.2) is 152 Å². The van der Waals surface area contributed by atoms with Crippen molar-refractivity contribution >= 4 is 114 Å². The summed E-state index contributed by atoms with van der Waals surface area (Å²) in [7, 11) is 9.88. The summed E-state index contributed by atoms with van der Waals surface area (Å²) >= 11 is 0. The largest absolute Gasteiger partial charge is 0.353 e. The van der Waals surface area contributed by atoms with Crippen LogP contribution in [0.5, 0.6) is 0 Å². The monoisotopic (exact) mass is 1510 g/mol. The average Bonchev–Trinajstić information content (AvgIpc) is 1.64. The SMILES string of the molecule is [C-]#[N+]c1ccc(C#N)c2c1N(c1c(C)cccc1C)[C@@H](C)N2C.[C-]#[N+]c1ccc(C#N)c2c1N(c1cc(C)c(C)cc1C)[C@@H](C)N2C.[C-]#[N+]c1ccc(C#N)c2c1N(c1cc(C)ccc1C)[C@@H](C)N2C.[C-]#[N+]c1ccc(C#N)c2c1N(c1ccc(C)cc1C)[C@@H](C)N2C.[C-]#[N+]c1ccc(C#N)c2c1N(c1ccccc1C)[C@@H](C)N2C. The molecule has 10 aromatic rings. The first-order chi connectivity index (χ1) is 55.0. The molecule has 20 heteroatoms. The van der Waals surface area contributed by atoms with Gasteiger partial charge in [0, 0.05) is 63.7 Å². The summed E-state index contributed by atoms with van der Waals surface area (Å²) in [5.74, 6) is 0. The summed E-state index contributed by atoms with van der Waals surface area (Å²) in [5.41, 5.74) is 31.6. The number of rotatable bonds is 5. The standard InChI is InChI=1S/C20H20N4.3C19H18N4.C18H16N4/c1-12-9-14(3)18(10-13(12)2)24-15(4)23(6)19-16(11-21)7-8-17(22-5)20(19)24;1-12-6-9-17(13(2)10-12)23-14(3)22(5)18-15(11-20)7-8-16(21-4)19(18)23;1-12-6-7-13(2)17(10-12)23-14(3)22(5)18-15(11-20)8-9-16(21-4)19(18)23;1-12-7-6-8-13(2)17(12)23-14(3)22(5)18-15(11-20)9-10-16(21-4)19(18)23;1-12-7-5-6-8-16(12)22-13(2)21(4)17-14(11-19)9-10-15(20-3)18(17)22/h7-10,15H,1-4,6H3;3*6-10,14H,1-3,5H3;5-10,13H,1-2,4H3/t15-;3*14-;13-/m00000/s1. The summed E-state index contributed by atoms with van der Waals surface area (Å²) in [4.78, 5) is 39.7. The Labute approximate surface area is 677 Å². The zero-order chi connectivity index (χ0) is 83.6. The van der Waals surface area contributed by atoms with Gasteiger partial charge in [-0.25, -0.2) is 24.2 Å². The van der Waals surface area contributed by atoms with Crippen molar-refractivity contribution in [2.45, 2.75) is 135 Å². The van der Waals surface area contributed by atoms with Gasteiger partial charge in [0.1, 0.15) is 61.2 Å². The molecule has 0 unspecified atom stereocenters. The molecular formula is C95H90N20. The molecule has 5 atom stereocenters. The zero-order valence-electron chi connectivity index (χ0n) is 68.8. The fraction of sp³-hybridized carbons (Fsp3) is 0.263. The van der Waals surface area contributed by atoms with E-state index in [2.05, 4.69) is 280 Å². The van der Waals surface area contributed by atoms with Gasteiger partial charge in [-0.1, -0.05) is 133 Å². The van der Waals surface area contributed by atoms with E-state index in [9.17, 15) is 26.3 Å². The molecule has 570 valence electrons. The van der Waals surface area contributed by atoms with E-state index in [0.717, 1.165) is 113 Å². The molecule has 0 amide bonds. The maximum atomic E-state index is 9.49. The van der Waals surface area contributed by atoms with Gasteiger partial charge in [-0.05, 0) is 178 Å². The molecule has 0 N–H and O–H groups in total. The Morgan fingerprint density at radius 2 is 0.513 bits per heavy atom. The lowest BCUT2D eigenvalue weighted by molar-refractivity contribution is 0.731. The first kappa shape index (κ1) is 81.1. The van der Waals surface area contributed by atoms with Gasteiger partial charge in [-0.3, -0.25) is 0 Å². The van der Waals surface area contributed by atoms with Gasteiger partial charge in [0.15, 0.2) is 0 Å². The molecule has 115 heavy (non-hydrogen) atoms. The van der Waals surface area contributed by atoms with Crippen molar-refractivity contribution in [3.05, 3.63) is 292 Å². The van der Waals surface area contributed by atoms with Gasteiger partial charge in [-0.15, -0.1) is 0 Å². The Morgan fingerprint density at radius 1 is 0.243 bits per heavy atom. The Bertz CT molecular complexity index is 6040. The smallest absolute Gasteiger partial charge is 0.212 e. The van der Waals surface area contributed by atoms with Crippen LogP contribution in [0.2, 0.25) is 0 Å². The van der Waals surface area contributed by atoms with Crippen molar-refractivity contribution in [3.63, 3.8) is 0 Å². The van der Waals surface area contributed by atoms with Crippen molar-refractivity contribution in [1.82, 2.24) is 0 Å². The highest BCUT2D eigenvalue weighted by Gasteiger charge is 2.42. The summed E-state index contributed by atoms with van der Waals surface area (Å²) in [6, 6.07) is 60.0. The minimum Gasteiger partial charge on any atom is -0.353 e. The predicted molar refractivity (Wildman–Crippen MR) is 467 cm³/mol. The van der Waals surface area contributed by atoms with E-state index in [1.807, 2.05) is 53.4 Å². The maximum absolute atomic E-state index is 9.49. The van der Waals surface area contributed by atoms with Crippen molar-refractivity contribution in [3.8, 4) is 30.3 Å². The molecule has 15 rings (SSSR count). The second-order valence-corrected chi connectivity index (χ2v) is 29.7. The fourth-order valence-corrected chi connectivity index (χ4v) is 16.3. The third kappa shape index (κ3) is 14.1. The molecule has 0 bridgehead atoms.